The van der Waals surface area contributed by atoms with Gasteiger partial charge in [-0.3, -0.25) is 10.1 Å². The summed E-state index contributed by atoms with van der Waals surface area (Å²) in [4.78, 5) is 17.5. The third-order valence-electron chi connectivity index (χ3n) is 3.69. The van der Waals surface area contributed by atoms with Crippen molar-refractivity contribution in [2.75, 3.05) is 6.54 Å². The lowest BCUT2D eigenvalue weighted by molar-refractivity contribution is -0.384. The molecular formula is C17H23N3O2. The molecule has 5 nitrogen and oxygen atoms in total. The zero-order chi connectivity index (χ0) is 16.1. The van der Waals surface area contributed by atoms with Crippen molar-refractivity contribution in [3.05, 3.63) is 45.6 Å². The van der Waals surface area contributed by atoms with E-state index in [1.807, 2.05) is 6.92 Å². The first-order valence-corrected chi connectivity index (χ1v) is 7.71. The molecule has 0 spiro atoms. The molecule has 1 aromatic carbocycles. The van der Waals surface area contributed by atoms with Crippen LogP contribution < -0.4 is 0 Å². The van der Waals surface area contributed by atoms with Crippen LogP contribution in [-0.2, 0) is 0 Å². The molecule has 2 rings (SSSR count). The summed E-state index contributed by atoms with van der Waals surface area (Å²) in [5, 5.41) is 10.8. The number of likely N-dealkylation sites (tertiary alicyclic amines) is 1. The monoisotopic (exact) mass is 301 g/mol. The highest BCUT2D eigenvalue weighted by atomic mass is 16.6. The van der Waals surface area contributed by atoms with Crippen molar-refractivity contribution in [1.29, 1.82) is 0 Å². The number of nitro benzene ring substituents is 1. The summed E-state index contributed by atoms with van der Waals surface area (Å²) in [5.41, 5.74) is 3.01. The van der Waals surface area contributed by atoms with Gasteiger partial charge in [-0.15, -0.1) is 0 Å². The Bertz CT molecular complexity index is 616. The lowest BCUT2D eigenvalue weighted by atomic mass is 10.1. The number of hydrogen-bond donors (Lipinski definition) is 0. The molecule has 1 aliphatic heterocycles. The van der Waals surface area contributed by atoms with E-state index in [9.17, 15) is 10.1 Å². The second-order valence-corrected chi connectivity index (χ2v) is 5.97. The zero-order valence-electron chi connectivity index (χ0n) is 13.5. The van der Waals surface area contributed by atoms with Crippen LogP contribution in [-0.4, -0.2) is 22.2 Å². The summed E-state index contributed by atoms with van der Waals surface area (Å²) in [6.07, 6.45) is 6.61. The van der Waals surface area contributed by atoms with Gasteiger partial charge in [0.25, 0.3) is 5.69 Å². The van der Waals surface area contributed by atoms with Crippen molar-refractivity contribution in [2.45, 2.75) is 46.5 Å². The normalized spacial score (nSPS) is 17.2. The standard InChI is InChI=1S/C17H23N3O2/c1-13(2)12-19-10-6-4-5-7-17(19)18-16-9-8-15(20(21)22)11-14(16)3/h8-9,11-12H,4-7,10H2,1-3H3/b18-17-. The molecule has 5 heteroatoms. The van der Waals surface area contributed by atoms with Crippen LogP contribution in [0.3, 0.4) is 0 Å². The van der Waals surface area contributed by atoms with Crippen molar-refractivity contribution in [1.82, 2.24) is 4.90 Å². The van der Waals surface area contributed by atoms with Crippen LogP contribution in [0.1, 0.15) is 45.1 Å². The number of non-ortho nitro benzene ring substituents is 1. The maximum absolute atomic E-state index is 10.8. The third kappa shape index (κ3) is 4.16. The SMILES string of the molecule is CC(C)=CN1CCCCC/C1=N/c1ccc([N+](=O)[O-])cc1C. The van der Waals surface area contributed by atoms with Gasteiger partial charge in [0.05, 0.1) is 10.6 Å². The van der Waals surface area contributed by atoms with E-state index in [2.05, 4.69) is 24.9 Å². The number of aliphatic imine (C=N–C) groups is 1. The van der Waals surface area contributed by atoms with Crippen molar-refractivity contribution in [3.8, 4) is 0 Å². The van der Waals surface area contributed by atoms with Crippen molar-refractivity contribution < 1.29 is 4.92 Å². The molecule has 1 aliphatic rings. The lowest BCUT2D eigenvalue weighted by Gasteiger charge is -2.21. The van der Waals surface area contributed by atoms with Crippen LogP contribution in [0.4, 0.5) is 11.4 Å². The molecule has 0 unspecified atom stereocenters. The van der Waals surface area contributed by atoms with Crippen LogP contribution in [0, 0.1) is 17.0 Å². The summed E-state index contributed by atoms with van der Waals surface area (Å²) >= 11 is 0. The average molecular weight is 301 g/mol. The molecule has 0 aliphatic carbocycles. The Morgan fingerprint density at radius 3 is 2.73 bits per heavy atom. The van der Waals surface area contributed by atoms with Crippen LogP contribution >= 0.6 is 0 Å². The van der Waals surface area contributed by atoms with E-state index in [1.165, 1.54) is 24.5 Å². The van der Waals surface area contributed by atoms with Gasteiger partial charge in [0, 0.05) is 31.3 Å². The Morgan fingerprint density at radius 1 is 1.32 bits per heavy atom. The van der Waals surface area contributed by atoms with Gasteiger partial charge < -0.3 is 4.90 Å². The summed E-state index contributed by atoms with van der Waals surface area (Å²) in [6, 6.07) is 4.85. The molecule has 1 aromatic rings. The number of allylic oxidation sites excluding steroid dienone is 1. The molecule has 0 radical (unpaired) electrons. The number of rotatable bonds is 3. The smallest absolute Gasteiger partial charge is 0.269 e. The fourth-order valence-electron chi connectivity index (χ4n) is 2.60. The van der Waals surface area contributed by atoms with Gasteiger partial charge in [-0.25, -0.2) is 4.99 Å². The van der Waals surface area contributed by atoms with E-state index in [-0.39, 0.29) is 10.6 Å². The minimum Gasteiger partial charge on any atom is -0.337 e. The van der Waals surface area contributed by atoms with E-state index in [0.29, 0.717) is 0 Å². The molecule has 0 atom stereocenters. The Labute approximate surface area is 131 Å². The highest BCUT2D eigenvalue weighted by molar-refractivity contribution is 5.86. The number of aryl methyl sites for hydroxylation is 1. The van der Waals surface area contributed by atoms with Crippen LogP contribution in [0.5, 0.6) is 0 Å². The summed E-state index contributed by atoms with van der Waals surface area (Å²) in [7, 11) is 0. The molecule has 118 valence electrons. The lowest BCUT2D eigenvalue weighted by Crippen LogP contribution is -2.25. The van der Waals surface area contributed by atoms with Crippen LogP contribution in [0.15, 0.2) is 35.0 Å². The summed E-state index contributed by atoms with van der Waals surface area (Å²) < 4.78 is 0. The number of benzene rings is 1. The molecule has 0 bridgehead atoms. The first kappa shape index (κ1) is 16.2. The molecule has 0 aromatic heterocycles. The largest absolute Gasteiger partial charge is 0.337 e. The fourth-order valence-corrected chi connectivity index (χ4v) is 2.60. The Hall–Kier alpha value is -2.17. The quantitative estimate of drug-likeness (QED) is 0.599. The average Bonchev–Trinajstić information content (AvgIpc) is 2.66. The van der Waals surface area contributed by atoms with Gasteiger partial charge in [0.15, 0.2) is 0 Å². The first-order chi connectivity index (χ1) is 10.5. The van der Waals surface area contributed by atoms with E-state index in [0.717, 1.165) is 36.5 Å². The Balaban J connectivity index is 2.35. The first-order valence-electron chi connectivity index (χ1n) is 7.71. The number of nitro groups is 1. The van der Waals surface area contributed by atoms with Gasteiger partial charge in [-0.2, -0.15) is 0 Å². The Kier molecular flexibility index (Phi) is 5.31. The minimum atomic E-state index is -0.370. The highest BCUT2D eigenvalue weighted by Crippen LogP contribution is 2.26. The van der Waals surface area contributed by atoms with E-state index < -0.39 is 0 Å². The molecule has 1 heterocycles. The molecule has 0 saturated carbocycles. The Morgan fingerprint density at radius 2 is 2.09 bits per heavy atom. The van der Waals surface area contributed by atoms with Crippen molar-refractivity contribution >= 4 is 17.2 Å². The minimum absolute atomic E-state index is 0.114. The van der Waals surface area contributed by atoms with Gasteiger partial charge in [0.1, 0.15) is 5.84 Å². The fraction of sp³-hybridized carbons (Fsp3) is 0.471. The summed E-state index contributed by atoms with van der Waals surface area (Å²) in [6.45, 7) is 7.02. The molecule has 0 amide bonds. The predicted molar refractivity (Wildman–Crippen MR) is 89.5 cm³/mol. The zero-order valence-corrected chi connectivity index (χ0v) is 13.5. The second kappa shape index (κ2) is 7.20. The maximum Gasteiger partial charge on any atom is 0.269 e. The van der Waals surface area contributed by atoms with Crippen molar-refractivity contribution in [3.63, 3.8) is 0 Å². The van der Waals surface area contributed by atoms with E-state index in [4.69, 9.17) is 4.99 Å². The molecule has 22 heavy (non-hydrogen) atoms. The van der Waals surface area contributed by atoms with E-state index in [1.54, 1.807) is 12.1 Å². The van der Waals surface area contributed by atoms with Crippen molar-refractivity contribution in [2.24, 2.45) is 4.99 Å². The molecule has 1 saturated heterocycles. The molecule has 0 N–H and O–H groups in total. The van der Waals surface area contributed by atoms with Crippen LogP contribution in [0.25, 0.3) is 0 Å². The maximum atomic E-state index is 10.8. The summed E-state index contributed by atoms with van der Waals surface area (Å²) in [5.74, 6) is 1.05. The van der Waals surface area contributed by atoms with Gasteiger partial charge in [-0.1, -0.05) is 12.0 Å². The molecular weight excluding hydrogens is 278 g/mol. The highest BCUT2D eigenvalue weighted by Gasteiger charge is 2.14. The van der Waals surface area contributed by atoms with Gasteiger partial charge in [-0.05, 0) is 45.2 Å². The topological polar surface area (TPSA) is 58.7 Å². The number of amidine groups is 1. The van der Waals surface area contributed by atoms with Gasteiger partial charge in [0.2, 0.25) is 0 Å². The van der Waals surface area contributed by atoms with E-state index >= 15 is 0 Å². The van der Waals surface area contributed by atoms with Crippen LogP contribution in [0.2, 0.25) is 0 Å². The second-order valence-electron chi connectivity index (χ2n) is 5.97. The van der Waals surface area contributed by atoms with Gasteiger partial charge >= 0.3 is 0 Å². The predicted octanol–water partition coefficient (Wildman–Crippen LogP) is 4.73. The third-order valence-corrected chi connectivity index (χ3v) is 3.69. The number of nitrogens with zero attached hydrogens (tertiary/aromatic N) is 3. The number of hydrogen-bond acceptors (Lipinski definition) is 3. The molecule has 1 fully saturated rings.